The topological polar surface area (TPSA) is 87.5 Å². The Bertz CT molecular complexity index is 859. The Morgan fingerprint density at radius 1 is 1.12 bits per heavy atom. The molecule has 7 heteroatoms. The summed E-state index contributed by atoms with van der Waals surface area (Å²) in [5.41, 5.74) is 8.16. The van der Waals surface area contributed by atoms with Crippen LogP contribution >= 0.6 is 11.6 Å². The Morgan fingerprint density at radius 2 is 1.82 bits per heavy atom. The van der Waals surface area contributed by atoms with Crippen molar-refractivity contribution in [1.29, 1.82) is 0 Å². The highest BCUT2D eigenvalue weighted by Gasteiger charge is 2.34. The van der Waals surface area contributed by atoms with Gasteiger partial charge in [-0.2, -0.15) is 0 Å². The number of benzene rings is 1. The number of amides is 1. The molecular weight excluding hydrogens is 520 g/mol. The van der Waals surface area contributed by atoms with E-state index in [0.717, 1.165) is 74.1 Å². The zero-order chi connectivity index (χ0) is 29.9. The van der Waals surface area contributed by atoms with Crippen LogP contribution in [0.5, 0.6) is 0 Å². The van der Waals surface area contributed by atoms with Crippen LogP contribution < -0.4 is 16.4 Å². The Morgan fingerprint density at radius 3 is 2.33 bits per heavy atom. The van der Waals surface area contributed by atoms with Crippen molar-refractivity contribution in [3.8, 4) is 0 Å². The first-order valence-corrected chi connectivity index (χ1v) is 15.9. The molecule has 1 saturated carbocycles. The molecule has 6 nitrogen and oxygen atoms in total. The smallest absolute Gasteiger partial charge is 0.211 e. The standard InChI is InChI=1S/C12H23N.C11H13ClN2O.C10H21NO/c1-10-12(8-9-13(10)2)11-6-4-3-5-7-11;1-3-13-11-5-4-9(14-7-15)6-10(11)8(2)12;1-3-9(8-12)6-5-7-10(11)4-2/h10-12H,3-9H2,1-2H3;4-7,13H,2-3H2,1H3,(H,14,15);8-10H,3-7,11H2,1-2H3. The Balaban J connectivity index is 0.000000302. The van der Waals surface area contributed by atoms with E-state index in [4.69, 9.17) is 17.3 Å². The molecule has 0 radical (unpaired) electrons. The summed E-state index contributed by atoms with van der Waals surface area (Å²) in [6.45, 7) is 14.4. The number of carbonyl (C=O) groups is 2. The molecule has 1 aliphatic heterocycles. The molecule has 2 fully saturated rings. The van der Waals surface area contributed by atoms with Gasteiger partial charge in [-0.25, -0.2) is 0 Å². The molecule has 1 heterocycles. The fourth-order valence-electron chi connectivity index (χ4n) is 5.80. The molecule has 1 saturated heterocycles. The summed E-state index contributed by atoms with van der Waals surface area (Å²) in [6.07, 6.45) is 15.8. The van der Waals surface area contributed by atoms with Crippen LogP contribution in [0.1, 0.15) is 104 Å². The molecule has 1 amide bonds. The third kappa shape index (κ3) is 13.2. The van der Waals surface area contributed by atoms with E-state index >= 15 is 0 Å². The van der Waals surface area contributed by atoms with Crippen LogP contribution in [0, 0.1) is 17.8 Å². The molecule has 0 bridgehead atoms. The molecule has 4 atom stereocenters. The molecular formula is C33H57ClN4O2. The van der Waals surface area contributed by atoms with Gasteiger partial charge in [0.1, 0.15) is 6.29 Å². The van der Waals surface area contributed by atoms with E-state index in [1.165, 1.54) is 45.1 Å². The average Bonchev–Trinajstić information content (AvgIpc) is 3.30. The van der Waals surface area contributed by atoms with E-state index in [0.29, 0.717) is 23.2 Å². The third-order valence-corrected chi connectivity index (χ3v) is 8.88. The second-order valence-corrected chi connectivity index (χ2v) is 11.9. The van der Waals surface area contributed by atoms with Crippen molar-refractivity contribution >= 4 is 40.7 Å². The van der Waals surface area contributed by atoms with Crippen LogP contribution in [0.4, 0.5) is 11.4 Å². The zero-order valence-electron chi connectivity index (χ0n) is 25.9. The summed E-state index contributed by atoms with van der Waals surface area (Å²) < 4.78 is 0. The lowest BCUT2D eigenvalue weighted by Gasteiger charge is -2.31. The number of nitrogens with two attached hydrogens (primary N) is 1. The van der Waals surface area contributed by atoms with Crippen LogP contribution in [-0.4, -0.2) is 49.8 Å². The number of hydrogen-bond donors (Lipinski definition) is 3. The predicted molar refractivity (Wildman–Crippen MR) is 174 cm³/mol. The predicted octanol–water partition coefficient (Wildman–Crippen LogP) is 7.92. The monoisotopic (exact) mass is 576 g/mol. The largest absolute Gasteiger partial charge is 0.385 e. The van der Waals surface area contributed by atoms with Crippen LogP contribution in [-0.2, 0) is 9.59 Å². The van der Waals surface area contributed by atoms with E-state index in [2.05, 4.69) is 49.9 Å². The van der Waals surface area contributed by atoms with Gasteiger partial charge in [-0.3, -0.25) is 4.79 Å². The minimum Gasteiger partial charge on any atom is -0.385 e. The van der Waals surface area contributed by atoms with Crippen molar-refractivity contribution in [3.63, 3.8) is 0 Å². The van der Waals surface area contributed by atoms with Crippen LogP contribution in [0.25, 0.3) is 5.03 Å². The number of nitrogens with one attached hydrogen (secondary N) is 2. The molecule has 4 unspecified atom stereocenters. The molecule has 40 heavy (non-hydrogen) atoms. The van der Waals surface area contributed by atoms with E-state index in [1.807, 2.05) is 13.0 Å². The van der Waals surface area contributed by atoms with Gasteiger partial charge in [-0.1, -0.05) is 70.6 Å². The lowest BCUT2D eigenvalue weighted by Crippen LogP contribution is -2.30. The normalized spacial score (nSPS) is 20.7. The van der Waals surface area contributed by atoms with E-state index in [1.54, 1.807) is 12.1 Å². The number of hydrogen-bond acceptors (Lipinski definition) is 5. The van der Waals surface area contributed by atoms with Crippen molar-refractivity contribution in [2.45, 2.75) is 110 Å². The van der Waals surface area contributed by atoms with E-state index in [-0.39, 0.29) is 5.92 Å². The molecule has 4 N–H and O–H groups in total. The van der Waals surface area contributed by atoms with Gasteiger partial charge in [0.05, 0.1) is 0 Å². The molecule has 0 spiro atoms. The van der Waals surface area contributed by atoms with Crippen molar-refractivity contribution in [2.24, 2.45) is 23.5 Å². The van der Waals surface area contributed by atoms with Crippen LogP contribution in [0.3, 0.4) is 0 Å². The minimum absolute atomic E-state index is 0.258. The zero-order valence-corrected chi connectivity index (χ0v) is 26.6. The first-order valence-electron chi connectivity index (χ1n) is 15.6. The number of carbonyl (C=O) groups excluding carboxylic acids is 2. The molecule has 3 rings (SSSR count). The maximum Gasteiger partial charge on any atom is 0.211 e. The molecule has 2 aliphatic rings. The van der Waals surface area contributed by atoms with Crippen molar-refractivity contribution in [3.05, 3.63) is 30.3 Å². The second-order valence-electron chi connectivity index (χ2n) is 11.4. The Kier molecular flexibility index (Phi) is 18.9. The lowest BCUT2D eigenvalue weighted by molar-refractivity contribution is -0.111. The van der Waals surface area contributed by atoms with Crippen LogP contribution in [0.2, 0.25) is 0 Å². The Hall–Kier alpha value is -1.89. The van der Waals surface area contributed by atoms with E-state index in [9.17, 15) is 9.59 Å². The maximum atomic E-state index is 10.5. The van der Waals surface area contributed by atoms with Gasteiger partial charge in [0.25, 0.3) is 0 Å². The Labute approximate surface area is 249 Å². The number of halogens is 1. The van der Waals surface area contributed by atoms with Gasteiger partial charge in [0.15, 0.2) is 0 Å². The highest BCUT2D eigenvalue weighted by Crippen LogP contribution is 2.38. The SMILES string of the molecule is C=C(Cl)c1cc(NC=O)ccc1NCC.CC1C(C2CCCCC2)CCN1C.CCC(N)CCCC(C=O)CC. The van der Waals surface area contributed by atoms with Gasteiger partial charge >= 0.3 is 0 Å². The first kappa shape index (κ1) is 36.1. The fraction of sp³-hybridized carbons (Fsp3) is 0.697. The third-order valence-electron chi connectivity index (χ3n) is 8.68. The maximum absolute atomic E-state index is 10.5. The van der Waals surface area contributed by atoms with Crippen molar-refractivity contribution in [1.82, 2.24) is 4.90 Å². The first-order chi connectivity index (χ1) is 19.2. The number of anilines is 2. The summed E-state index contributed by atoms with van der Waals surface area (Å²) in [4.78, 5) is 23.3. The average molecular weight is 577 g/mol. The summed E-state index contributed by atoms with van der Waals surface area (Å²) in [5, 5.41) is 6.17. The minimum atomic E-state index is 0.258. The fourth-order valence-corrected chi connectivity index (χ4v) is 5.96. The van der Waals surface area contributed by atoms with Gasteiger partial charge < -0.3 is 26.1 Å². The molecule has 1 aromatic carbocycles. The van der Waals surface area contributed by atoms with Crippen LogP contribution in [0.15, 0.2) is 24.8 Å². The summed E-state index contributed by atoms with van der Waals surface area (Å²) in [6, 6.07) is 6.62. The van der Waals surface area contributed by atoms with E-state index < -0.39 is 0 Å². The quantitative estimate of drug-likeness (QED) is 0.208. The van der Waals surface area contributed by atoms with Gasteiger partial charge in [-0.15, -0.1) is 0 Å². The van der Waals surface area contributed by atoms with Gasteiger partial charge in [0.2, 0.25) is 6.41 Å². The van der Waals surface area contributed by atoms with Gasteiger partial charge in [-0.05, 0) is 89.6 Å². The molecule has 1 aliphatic carbocycles. The lowest BCUT2D eigenvalue weighted by atomic mass is 9.77. The number of aldehydes is 1. The number of rotatable bonds is 13. The second kappa shape index (κ2) is 20.9. The highest BCUT2D eigenvalue weighted by molar-refractivity contribution is 6.48. The molecule has 1 aromatic rings. The molecule has 0 aromatic heterocycles. The number of nitrogens with zero attached hydrogens (tertiary/aromatic N) is 1. The van der Waals surface area contributed by atoms with Crippen molar-refractivity contribution in [2.75, 3.05) is 30.8 Å². The highest BCUT2D eigenvalue weighted by atomic mass is 35.5. The number of likely N-dealkylation sites (tertiary alicyclic amines) is 1. The summed E-state index contributed by atoms with van der Waals surface area (Å²) >= 11 is 5.87. The van der Waals surface area contributed by atoms with Crippen molar-refractivity contribution < 1.29 is 9.59 Å². The summed E-state index contributed by atoms with van der Waals surface area (Å²) in [7, 11) is 2.29. The molecule has 228 valence electrons. The van der Waals surface area contributed by atoms with Gasteiger partial charge in [0, 0.05) is 46.5 Å². The summed E-state index contributed by atoms with van der Waals surface area (Å²) in [5.74, 6) is 2.34.